The average Bonchev–Trinajstić information content (AvgIpc) is 3.10. The normalized spacial score (nSPS) is 19.6. The molecule has 1 aromatic heterocycles. The molecule has 0 saturated carbocycles. The molecule has 0 spiro atoms. The highest BCUT2D eigenvalue weighted by molar-refractivity contribution is 5.51. The molecule has 2 saturated heterocycles. The van der Waals surface area contributed by atoms with Crippen LogP contribution in [0.2, 0.25) is 0 Å². The molecule has 2 aliphatic heterocycles. The van der Waals surface area contributed by atoms with E-state index in [2.05, 4.69) is 57.6 Å². The van der Waals surface area contributed by atoms with Crippen LogP contribution in [0.15, 0.2) is 30.6 Å². The first-order chi connectivity index (χ1) is 13.2. The predicted molar refractivity (Wildman–Crippen MR) is 109 cm³/mol. The molecule has 27 heavy (non-hydrogen) atoms. The zero-order valence-corrected chi connectivity index (χ0v) is 16.7. The molecule has 0 amide bonds. The minimum absolute atomic E-state index is 0.777. The van der Waals surface area contributed by atoms with Gasteiger partial charge in [0.25, 0.3) is 0 Å². The Balaban J connectivity index is 1.30. The van der Waals surface area contributed by atoms with Gasteiger partial charge in [-0.15, -0.1) is 0 Å². The van der Waals surface area contributed by atoms with Crippen molar-refractivity contribution in [2.45, 2.75) is 39.8 Å². The number of hydrogen-bond donors (Lipinski definition) is 0. The van der Waals surface area contributed by atoms with Gasteiger partial charge in [-0.05, 0) is 69.0 Å². The quantitative estimate of drug-likeness (QED) is 0.811. The molecule has 146 valence electrons. The highest BCUT2D eigenvalue weighted by Gasteiger charge is 2.21. The summed E-state index contributed by atoms with van der Waals surface area (Å²) in [5.74, 6) is 1.91. The lowest BCUT2D eigenvalue weighted by Gasteiger charge is -2.33. The lowest BCUT2D eigenvalue weighted by atomic mass is 9.96. The molecular weight excluding hydrogens is 336 g/mol. The van der Waals surface area contributed by atoms with Crippen LogP contribution in [0.5, 0.6) is 0 Å². The van der Waals surface area contributed by atoms with Crippen molar-refractivity contribution >= 4 is 5.69 Å². The Labute approximate surface area is 162 Å². The third-order valence-corrected chi connectivity index (χ3v) is 6.18. The maximum absolute atomic E-state index is 5.47. The number of anilines is 1. The molecule has 0 atom stereocenters. The van der Waals surface area contributed by atoms with E-state index in [-0.39, 0.29) is 0 Å². The van der Waals surface area contributed by atoms with Gasteiger partial charge in [0.2, 0.25) is 0 Å². The third kappa shape index (κ3) is 4.53. The third-order valence-electron chi connectivity index (χ3n) is 6.18. The van der Waals surface area contributed by atoms with Crippen LogP contribution in [0, 0.1) is 19.8 Å². The van der Waals surface area contributed by atoms with Gasteiger partial charge >= 0.3 is 0 Å². The second-order valence-electron chi connectivity index (χ2n) is 8.06. The largest absolute Gasteiger partial charge is 0.378 e. The summed E-state index contributed by atoms with van der Waals surface area (Å²) >= 11 is 0. The number of benzene rings is 1. The Morgan fingerprint density at radius 3 is 2.52 bits per heavy atom. The van der Waals surface area contributed by atoms with Crippen molar-refractivity contribution in [3.63, 3.8) is 0 Å². The summed E-state index contributed by atoms with van der Waals surface area (Å²) in [6, 6.07) is 6.98. The maximum Gasteiger partial charge on any atom is 0.105 e. The smallest absolute Gasteiger partial charge is 0.105 e. The van der Waals surface area contributed by atoms with Gasteiger partial charge in [0.05, 0.1) is 13.2 Å². The van der Waals surface area contributed by atoms with E-state index in [0.717, 1.165) is 51.1 Å². The molecule has 5 nitrogen and oxygen atoms in total. The molecule has 0 N–H and O–H groups in total. The summed E-state index contributed by atoms with van der Waals surface area (Å²) in [5.41, 5.74) is 4.22. The minimum Gasteiger partial charge on any atom is -0.378 e. The number of likely N-dealkylation sites (tertiary alicyclic amines) is 1. The Bertz CT molecular complexity index is 743. The van der Waals surface area contributed by atoms with Crippen molar-refractivity contribution in [1.82, 2.24) is 14.5 Å². The van der Waals surface area contributed by atoms with Gasteiger partial charge in [0.15, 0.2) is 0 Å². The first kappa shape index (κ1) is 18.5. The lowest BCUT2D eigenvalue weighted by Crippen LogP contribution is -2.36. The highest BCUT2D eigenvalue weighted by Crippen LogP contribution is 2.24. The molecule has 4 rings (SSSR count). The van der Waals surface area contributed by atoms with Crippen molar-refractivity contribution in [2.75, 3.05) is 44.3 Å². The molecule has 0 bridgehead atoms. The van der Waals surface area contributed by atoms with Crippen LogP contribution in [0.25, 0.3) is 0 Å². The summed E-state index contributed by atoms with van der Waals surface area (Å²) in [5, 5.41) is 0. The van der Waals surface area contributed by atoms with Gasteiger partial charge in [0.1, 0.15) is 5.82 Å². The van der Waals surface area contributed by atoms with Gasteiger partial charge < -0.3 is 14.2 Å². The molecule has 1 aromatic carbocycles. The van der Waals surface area contributed by atoms with Crippen LogP contribution >= 0.6 is 0 Å². The fraction of sp³-hybridized carbons (Fsp3) is 0.591. The van der Waals surface area contributed by atoms with Gasteiger partial charge in [-0.1, -0.05) is 6.07 Å². The number of aromatic nitrogens is 2. The zero-order chi connectivity index (χ0) is 18.6. The standard InChI is InChI=1S/C22H32N4O/c1-18-15-22(25-11-13-27-14-12-25)4-3-21(18)17-24-8-5-20(6-9-24)16-26-10-7-23-19(26)2/h3-4,7,10,15,20H,5-6,8-9,11-14,16-17H2,1-2H3. The van der Waals surface area contributed by atoms with E-state index < -0.39 is 0 Å². The number of nitrogens with zero attached hydrogens (tertiary/aromatic N) is 4. The van der Waals surface area contributed by atoms with Crippen molar-refractivity contribution in [2.24, 2.45) is 5.92 Å². The Hall–Kier alpha value is -1.85. The summed E-state index contributed by atoms with van der Waals surface area (Å²) in [6.45, 7) is 12.6. The van der Waals surface area contributed by atoms with Gasteiger partial charge in [-0.25, -0.2) is 4.98 Å². The summed E-state index contributed by atoms with van der Waals surface area (Å²) in [7, 11) is 0. The van der Waals surface area contributed by atoms with E-state index in [1.807, 2.05) is 6.20 Å². The van der Waals surface area contributed by atoms with Crippen molar-refractivity contribution in [1.29, 1.82) is 0 Å². The average molecular weight is 369 g/mol. The number of rotatable bonds is 5. The van der Waals surface area contributed by atoms with Crippen LogP contribution < -0.4 is 4.90 Å². The van der Waals surface area contributed by atoms with Crippen LogP contribution in [0.1, 0.15) is 29.8 Å². The molecule has 2 aliphatic rings. The number of ether oxygens (including phenoxy) is 1. The molecule has 0 radical (unpaired) electrons. The van der Waals surface area contributed by atoms with Crippen LogP contribution in [0.4, 0.5) is 5.69 Å². The van der Waals surface area contributed by atoms with Crippen molar-refractivity contribution in [3.05, 3.63) is 47.5 Å². The van der Waals surface area contributed by atoms with Gasteiger partial charge in [0, 0.05) is 44.3 Å². The zero-order valence-electron chi connectivity index (χ0n) is 16.7. The van der Waals surface area contributed by atoms with Crippen molar-refractivity contribution < 1.29 is 4.74 Å². The number of imidazole rings is 1. The topological polar surface area (TPSA) is 33.5 Å². The van der Waals surface area contributed by atoms with E-state index in [9.17, 15) is 0 Å². The van der Waals surface area contributed by atoms with Crippen molar-refractivity contribution in [3.8, 4) is 0 Å². The maximum atomic E-state index is 5.47. The van der Waals surface area contributed by atoms with E-state index >= 15 is 0 Å². The molecule has 2 fully saturated rings. The SMILES string of the molecule is Cc1cc(N2CCOCC2)ccc1CN1CCC(Cn2ccnc2C)CC1. The predicted octanol–water partition coefficient (Wildman–Crippen LogP) is 3.25. The molecule has 0 aliphatic carbocycles. The minimum atomic E-state index is 0.777. The number of morpholine rings is 1. The number of hydrogen-bond acceptors (Lipinski definition) is 4. The summed E-state index contributed by atoms with van der Waals surface area (Å²) < 4.78 is 7.77. The van der Waals surface area contributed by atoms with E-state index in [1.165, 1.54) is 42.7 Å². The Kier molecular flexibility index (Phi) is 5.79. The Morgan fingerprint density at radius 1 is 1.07 bits per heavy atom. The van der Waals surface area contributed by atoms with E-state index in [1.54, 1.807) is 0 Å². The monoisotopic (exact) mass is 368 g/mol. The molecule has 2 aromatic rings. The fourth-order valence-corrected chi connectivity index (χ4v) is 4.32. The number of aryl methyl sites for hydroxylation is 2. The summed E-state index contributed by atoms with van der Waals surface area (Å²) in [6.07, 6.45) is 6.58. The van der Waals surface area contributed by atoms with Gasteiger partial charge in [-0.3, -0.25) is 4.90 Å². The summed E-state index contributed by atoms with van der Waals surface area (Å²) in [4.78, 5) is 9.40. The number of piperidine rings is 1. The molecule has 0 unspecified atom stereocenters. The molecule has 5 heteroatoms. The van der Waals surface area contributed by atoms with Crippen LogP contribution in [-0.2, 0) is 17.8 Å². The highest BCUT2D eigenvalue weighted by atomic mass is 16.5. The van der Waals surface area contributed by atoms with E-state index in [0.29, 0.717) is 0 Å². The fourth-order valence-electron chi connectivity index (χ4n) is 4.32. The second kappa shape index (κ2) is 8.44. The molecule has 3 heterocycles. The first-order valence-electron chi connectivity index (χ1n) is 10.3. The first-order valence-corrected chi connectivity index (χ1v) is 10.3. The van der Waals surface area contributed by atoms with Gasteiger partial charge in [-0.2, -0.15) is 0 Å². The van der Waals surface area contributed by atoms with Crippen LogP contribution in [0.3, 0.4) is 0 Å². The van der Waals surface area contributed by atoms with Crippen LogP contribution in [-0.4, -0.2) is 53.8 Å². The second-order valence-corrected chi connectivity index (χ2v) is 8.06. The van der Waals surface area contributed by atoms with E-state index in [4.69, 9.17) is 4.74 Å². The Morgan fingerprint density at radius 2 is 1.85 bits per heavy atom. The lowest BCUT2D eigenvalue weighted by molar-refractivity contribution is 0.122. The molecular formula is C22H32N4O.